The van der Waals surface area contributed by atoms with Crippen LogP contribution in [0.5, 0.6) is 11.5 Å². The van der Waals surface area contributed by atoms with Crippen molar-refractivity contribution < 1.29 is 41.7 Å². The number of aliphatic hydroxyl groups is 1. The minimum absolute atomic E-state index is 0.0486. The maximum Gasteiger partial charge on any atom is 0.251 e. The molecular formula is C32H28F4N4O5. The molecule has 1 saturated carbocycles. The number of aryl methyl sites for hydroxylation is 1. The Kier molecular flexibility index (Phi) is 7.18. The fraction of sp³-hybridized carbons (Fsp3) is 0.312. The Morgan fingerprint density at radius 1 is 1.09 bits per heavy atom. The largest absolute Gasteiger partial charge is 0.494 e. The normalized spacial score (nSPS) is 18.7. The van der Waals surface area contributed by atoms with Crippen LogP contribution in [-0.4, -0.2) is 47.2 Å². The van der Waals surface area contributed by atoms with Crippen molar-refractivity contribution >= 4 is 22.7 Å². The molecule has 4 N–H and O–H groups in total. The molecule has 2 aliphatic rings. The number of aromatic nitrogens is 2. The average molecular weight is 625 g/mol. The molecule has 0 radical (unpaired) electrons. The van der Waals surface area contributed by atoms with E-state index in [1.165, 1.54) is 45.2 Å². The molecule has 1 fully saturated rings. The minimum atomic E-state index is -1.84. The van der Waals surface area contributed by atoms with Crippen molar-refractivity contribution in [1.82, 2.24) is 15.3 Å². The molecule has 2 atom stereocenters. The maximum atomic E-state index is 15.0. The number of carbonyl (C=O) groups is 2. The lowest BCUT2D eigenvalue weighted by molar-refractivity contribution is -0.123. The summed E-state index contributed by atoms with van der Waals surface area (Å²) in [5.74, 6) is -6.23. The third-order valence-electron chi connectivity index (χ3n) is 8.59. The summed E-state index contributed by atoms with van der Waals surface area (Å²) in [5.41, 5.74) is 2.51. The van der Waals surface area contributed by atoms with Gasteiger partial charge in [0.1, 0.15) is 46.1 Å². The highest BCUT2D eigenvalue weighted by Crippen LogP contribution is 2.50. The number of hydrogen-bond donors (Lipinski definition) is 3. The Balaban J connectivity index is 1.42. The number of nitrogens with two attached hydrogens (primary N) is 1. The molecular weight excluding hydrogens is 596 g/mol. The van der Waals surface area contributed by atoms with Gasteiger partial charge in [0, 0.05) is 33.7 Å². The van der Waals surface area contributed by atoms with Gasteiger partial charge in [0.05, 0.1) is 19.3 Å². The fourth-order valence-corrected chi connectivity index (χ4v) is 5.64. The number of ether oxygens (including phenoxy) is 2. The number of carbonyl (C=O) groups excluding carboxylic acids is 2. The van der Waals surface area contributed by atoms with Gasteiger partial charge < -0.3 is 25.6 Å². The second kappa shape index (κ2) is 10.7. The lowest BCUT2D eigenvalue weighted by Gasteiger charge is -2.30. The highest BCUT2D eigenvalue weighted by Gasteiger charge is 2.50. The van der Waals surface area contributed by atoms with Crippen molar-refractivity contribution in [3.8, 4) is 22.8 Å². The Hall–Kier alpha value is -4.78. The number of primary amides is 1. The van der Waals surface area contributed by atoms with E-state index in [9.17, 15) is 27.9 Å². The van der Waals surface area contributed by atoms with Gasteiger partial charge in [0.25, 0.3) is 5.91 Å². The van der Waals surface area contributed by atoms with E-state index in [0.29, 0.717) is 30.4 Å². The first-order valence-corrected chi connectivity index (χ1v) is 14.1. The summed E-state index contributed by atoms with van der Waals surface area (Å²) in [4.78, 5) is 34.3. The molecule has 0 saturated heterocycles. The van der Waals surface area contributed by atoms with Crippen LogP contribution in [-0.2, 0) is 15.8 Å². The van der Waals surface area contributed by atoms with Gasteiger partial charge >= 0.3 is 0 Å². The van der Waals surface area contributed by atoms with Gasteiger partial charge in [-0.3, -0.25) is 9.59 Å². The van der Waals surface area contributed by atoms with E-state index in [4.69, 9.17) is 15.2 Å². The predicted molar refractivity (Wildman–Crippen MR) is 154 cm³/mol. The van der Waals surface area contributed by atoms with E-state index >= 15 is 4.39 Å². The van der Waals surface area contributed by atoms with Gasteiger partial charge in [-0.1, -0.05) is 0 Å². The fourth-order valence-electron chi connectivity index (χ4n) is 5.64. The number of rotatable bonds is 8. The summed E-state index contributed by atoms with van der Waals surface area (Å²) in [7, 11) is 1.36. The summed E-state index contributed by atoms with van der Waals surface area (Å²) in [6, 6.07) is 6.83. The molecule has 1 aliphatic heterocycles. The van der Waals surface area contributed by atoms with E-state index < -0.39 is 57.7 Å². The number of fused-ring (bicyclic) bond motifs is 2. The standard InChI is InChI=1S/C32H28F4N4O5/c1-14-6-15-7-16(8-23(44-3)25(15)40-28(14)36)29(41)38-12-32(43,17-4-5-17)24-10-19-27(45-13-31(19,2)30(37)42)26(39-24)18-9-21(34)22(35)11-20(18)33/h6-11,17,43H,4-5,12-13H2,1-3H3,(H2,37,42)(H,38,41)/t31-,32+/m0/s1. The average Bonchev–Trinajstić information content (AvgIpc) is 3.81. The third-order valence-corrected chi connectivity index (χ3v) is 8.59. The second-order valence-electron chi connectivity index (χ2n) is 11.7. The van der Waals surface area contributed by atoms with Crippen molar-refractivity contribution in [1.29, 1.82) is 0 Å². The number of nitrogens with zero attached hydrogens (tertiary/aromatic N) is 2. The van der Waals surface area contributed by atoms with Crippen LogP contribution in [0.4, 0.5) is 17.6 Å². The SMILES string of the molecule is COc1cc(C(=O)NC[C@](O)(c2cc3c(c(-c4cc(F)c(F)cc4F)n2)OC[C@]3(C)C(N)=O)C2CC2)cc2cc(C)c(F)nc12. The molecule has 9 nitrogen and oxygen atoms in total. The summed E-state index contributed by atoms with van der Waals surface area (Å²) < 4.78 is 68.3. The highest BCUT2D eigenvalue weighted by molar-refractivity contribution is 6.00. The van der Waals surface area contributed by atoms with Gasteiger partial charge in [0.2, 0.25) is 11.9 Å². The Labute approximate surface area is 254 Å². The molecule has 0 bridgehead atoms. The zero-order chi connectivity index (χ0) is 32.4. The smallest absolute Gasteiger partial charge is 0.251 e. The third kappa shape index (κ3) is 5.00. The minimum Gasteiger partial charge on any atom is -0.494 e. The van der Waals surface area contributed by atoms with Crippen LogP contribution in [0, 0.1) is 36.2 Å². The number of nitrogens with one attached hydrogen (secondary N) is 1. The van der Waals surface area contributed by atoms with E-state index in [-0.39, 0.29) is 58.2 Å². The van der Waals surface area contributed by atoms with Gasteiger partial charge in [-0.05, 0) is 62.9 Å². The van der Waals surface area contributed by atoms with Crippen molar-refractivity contribution in [2.45, 2.75) is 37.7 Å². The quantitative estimate of drug-likeness (QED) is 0.151. The van der Waals surface area contributed by atoms with Crippen molar-refractivity contribution in [2.75, 3.05) is 20.3 Å². The van der Waals surface area contributed by atoms with E-state index in [2.05, 4.69) is 15.3 Å². The van der Waals surface area contributed by atoms with Crippen molar-refractivity contribution in [2.24, 2.45) is 11.7 Å². The Bertz CT molecular complexity index is 1920. The predicted octanol–water partition coefficient (Wildman–Crippen LogP) is 4.33. The van der Waals surface area contributed by atoms with Crippen LogP contribution < -0.4 is 20.5 Å². The molecule has 4 aromatic rings. The summed E-state index contributed by atoms with van der Waals surface area (Å²) >= 11 is 0. The molecule has 3 heterocycles. The first-order valence-electron chi connectivity index (χ1n) is 14.1. The molecule has 1 aliphatic carbocycles. The van der Waals surface area contributed by atoms with Crippen molar-refractivity contribution in [3.63, 3.8) is 0 Å². The number of pyridine rings is 2. The molecule has 2 aromatic heterocycles. The molecule has 0 spiro atoms. The van der Waals surface area contributed by atoms with E-state index in [1.54, 1.807) is 0 Å². The lowest BCUT2D eigenvalue weighted by atomic mass is 9.81. The maximum absolute atomic E-state index is 15.0. The number of methoxy groups -OCH3 is 1. The molecule has 45 heavy (non-hydrogen) atoms. The summed E-state index contributed by atoms with van der Waals surface area (Å²) in [6.07, 6.45) is 1.12. The lowest BCUT2D eigenvalue weighted by Crippen LogP contribution is -2.44. The van der Waals surface area contributed by atoms with Gasteiger partial charge in [-0.15, -0.1) is 0 Å². The monoisotopic (exact) mass is 624 g/mol. The highest BCUT2D eigenvalue weighted by atomic mass is 19.2. The van der Waals surface area contributed by atoms with Crippen LogP contribution in [0.1, 0.15) is 46.9 Å². The van der Waals surface area contributed by atoms with Gasteiger partial charge in [-0.2, -0.15) is 4.39 Å². The Morgan fingerprint density at radius 3 is 2.47 bits per heavy atom. The number of benzene rings is 2. The topological polar surface area (TPSA) is 137 Å². The molecule has 6 rings (SSSR count). The van der Waals surface area contributed by atoms with Crippen molar-refractivity contribution in [3.05, 3.63) is 82.2 Å². The molecule has 234 valence electrons. The van der Waals surface area contributed by atoms with Crippen LogP contribution in [0.15, 0.2) is 36.4 Å². The molecule has 2 aromatic carbocycles. The number of halogens is 4. The molecule has 2 amide bonds. The van der Waals surface area contributed by atoms with E-state index in [1.807, 2.05) is 0 Å². The summed E-state index contributed by atoms with van der Waals surface area (Å²) in [6.45, 7) is 2.44. The number of hydrogen-bond acceptors (Lipinski definition) is 7. The molecule has 13 heteroatoms. The molecule has 0 unspecified atom stereocenters. The van der Waals surface area contributed by atoms with Crippen LogP contribution in [0.3, 0.4) is 0 Å². The number of amides is 2. The Morgan fingerprint density at radius 2 is 1.80 bits per heavy atom. The first kappa shape index (κ1) is 30.3. The zero-order valence-electron chi connectivity index (χ0n) is 24.4. The van der Waals surface area contributed by atoms with Crippen LogP contribution >= 0.6 is 0 Å². The van der Waals surface area contributed by atoms with Gasteiger partial charge in [-0.25, -0.2) is 23.1 Å². The van der Waals surface area contributed by atoms with Crippen LogP contribution in [0.25, 0.3) is 22.2 Å². The summed E-state index contributed by atoms with van der Waals surface area (Å²) in [5, 5.41) is 15.3. The first-order chi connectivity index (χ1) is 21.3. The van der Waals surface area contributed by atoms with Gasteiger partial charge in [0.15, 0.2) is 11.6 Å². The second-order valence-corrected chi connectivity index (χ2v) is 11.7. The van der Waals surface area contributed by atoms with Crippen LogP contribution in [0.2, 0.25) is 0 Å². The van der Waals surface area contributed by atoms with E-state index in [0.717, 1.165) is 0 Å². The zero-order valence-corrected chi connectivity index (χ0v) is 24.4.